The Morgan fingerprint density at radius 3 is 2.74 bits per heavy atom. The first-order valence-electron chi connectivity index (χ1n) is 6.77. The van der Waals surface area contributed by atoms with Gasteiger partial charge >= 0.3 is 0 Å². The Hall–Kier alpha value is -1.78. The van der Waals surface area contributed by atoms with Crippen LogP contribution >= 0.6 is 0 Å². The van der Waals surface area contributed by atoms with E-state index in [1.807, 2.05) is 26.4 Å². The summed E-state index contributed by atoms with van der Waals surface area (Å²) in [5.41, 5.74) is 4.32. The van der Waals surface area contributed by atoms with Crippen molar-refractivity contribution < 1.29 is 0 Å². The molecule has 0 aromatic carbocycles. The molecule has 1 aliphatic heterocycles. The van der Waals surface area contributed by atoms with Crippen LogP contribution in [-0.2, 0) is 6.42 Å². The van der Waals surface area contributed by atoms with Gasteiger partial charge in [-0.05, 0) is 12.1 Å². The van der Waals surface area contributed by atoms with Crippen molar-refractivity contribution in [1.29, 1.82) is 0 Å². The monoisotopic (exact) mass is 261 g/mol. The van der Waals surface area contributed by atoms with E-state index in [0.29, 0.717) is 11.8 Å². The molecule has 0 spiro atoms. The van der Waals surface area contributed by atoms with Gasteiger partial charge in [0.15, 0.2) is 0 Å². The van der Waals surface area contributed by atoms with Gasteiger partial charge in [0.05, 0.1) is 0 Å². The number of aromatic nitrogens is 1. The maximum absolute atomic E-state index is 4.64. The molecule has 2 unspecified atom stereocenters. The van der Waals surface area contributed by atoms with Crippen molar-refractivity contribution >= 4 is 11.7 Å². The Morgan fingerprint density at radius 2 is 2.11 bits per heavy atom. The first-order valence-corrected chi connectivity index (χ1v) is 6.77. The van der Waals surface area contributed by atoms with Gasteiger partial charge in [-0.3, -0.25) is 10.4 Å². The fourth-order valence-electron chi connectivity index (χ4n) is 2.29. The third-order valence-corrected chi connectivity index (χ3v) is 3.66. The van der Waals surface area contributed by atoms with Crippen molar-refractivity contribution in [1.82, 2.24) is 15.3 Å². The van der Waals surface area contributed by atoms with E-state index in [1.54, 1.807) is 0 Å². The predicted octanol–water partition coefficient (Wildman–Crippen LogP) is 1.71. The maximum atomic E-state index is 4.64. The van der Waals surface area contributed by atoms with E-state index in [-0.39, 0.29) is 0 Å². The number of aromatic amines is 1. The molecule has 0 saturated heterocycles. The van der Waals surface area contributed by atoms with Gasteiger partial charge in [-0.1, -0.05) is 13.8 Å². The van der Waals surface area contributed by atoms with Crippen LogP contribution in [0.4, 0.5) is 0 Å². The molecule has 0 saturated carbocycles. The van der Waals surface area contributed by atoms with Gasteiger partial charge in [0.2, 0.25) is 0 Å². The smallest absolute Gasteiger partial charge is 0.128 e. The lowest BCUT2D eigenvalue weighted by molar-refractivity contribution is 0.485. The van der Waals surface area contributed by atoms with Gasteiger partial charge in [0.1, 0.15) is 11.7 Å². The minimum absolute atomic E-state index is 0.374. The highest BCUT2D eigenvalue weighted by Crippen LogP contribution is 2.18. The number of rotatable bonds is 3. The quantitative estimate of drug-likeness (QED) is 0.870. The van der Waals surface area contributed by atoms with Crippen LogP contribution < -0.4 is 5.43 Å². The van der Waals surface area contributed by atoms with Crippen molar-refractivity contribution in [3.63, 3.8) is 0 Å². The highest BCUT2D eigenvalue weighted by molar-refractivity contribution is 5.96. The SMILES string of the molecule is CC1C(=NCCc2ccc[nH]2)NN=C(N(C)C)C1C. The van der Waals surface area contributed by atoms with Gasteiger partial charge in [-0.25, -0.2) is 0 Å². The van der Waals surface area contributed by atoms with Crippen LogP contribution in [0, 0.1) is 11.8 Å². The highest BCUT2D eigenvalue weighted by Gasteiger charge is 2.28. The van der Waals surface area contributed by atoms with E-state index in [2.05, 4.69) is 45.3 Å². The Morgan fingerprint density at radius 1 is 1.32 bits per heavy atom. The number of hydrogen-bond donors (Lipinski definition) is 2. The minimum atomic E-state index is 0.374. The zero-order valence-electron chi connectivity index (χ0n) is 12.1. The Balaban J connectivity index is 1.98. The zero-order valence-corrected chi connectivity index (χ0v) is 12.1. The summed E-state index contributed by atoms with van der Waals surface area (Å²) in [5, 5.41) is 4.41. The molecule has 1 aliphatic rings. The molecule has 0 fully saturated rings. The first kappa shape index (κ1) is 13.6. The number of H-pyrrole nitrogens is 1. The molecule has 0 radical (unpaired) electrons. The summed E-state index contributed by atoms with van der Waals surface area (Å²) in [6.07, 6.45) is 2.88. The Labute approximate surface area is 114 Å². The van der Waals surface area contributed by atoms with E-state index in [9.17, 15) is 0 Å². The van der Waals surface area contributed by atoms with E-state index >= 15 is 0 Å². The molecule has 2 atom stereocenters. The number of aliphatic imine (C=N–C) groups is 1. The van der Waals surface area contributed by atoms with Crippen LogP contribution in [0.25, 0.3) is 0 Å². The van der Waals surface area contributed by atoms with Crippen LogP contribution in [0.5, 0.6) is 0 Å². The maximum Gasteiger partial charge on any atom is 0.128 e. The lowest BCUT2D eigenvalue weighted by Crippen LogP contribution is -2.44. The summed E-state index contributed by atoms with van der Waals surface area (Å²) in [5.74, 6) is 2.83. The van der Waals surface area contributed by atoms with Gasteiger partial charge < -0.3 is 9.88 Å². The molecule has 2 rings (SSSR count). The summed E-state index contributed by atoms with van der Waals surface area (Å²) < 4.78 is 0. The summed E-state index contributed by atoms with van der Waals surface area (Å²) in [4.78, 5) is 9.90. The molecule has 104 valence electrons. The van der Waals surface area contributed by atoms with Crippen LogP contribution in [0.2, 0.25) is 0 Å². The fourth-order valence-corrected chi connectivity index (χ4v) is 2.29. The van der Waals surface area contributed by atoms with Gasteiger partial charge in [-0.15, -0.1) is 0 Å². The second-order valence-corrected chi connectivity index (χ2v) is 5.27. The molecule has 0 aliphatic carbocycles. The van der Waals surface area contributed by atoms with Crippen LogP contribution in [-0.4, -0.2) is 42.2 Å². The Bertz CT molecular complexity index is 458. The lowest BCUT2D eigenvalue weighted by Gasteiger charge is -2.31. The standard InChI is InChI=1S/C14H23N5/c1-10-11(2)14(19(3)4)18-17-13(10)16-9-7-12-6-5-8-15-12/h5-6,8,10-11,15H,7,9H2,1-4H3,(H,16,17). The molecule has 1 aromatic heterocycles. The molecule has 0 bridgehead atoms. The molecular formula is C14H23N5. The van der Waals surface area contributed by atoms with Crippen molar-refractivity contribution in [3.05, 3.63) is 24.0 Å². The predicted molar refractivity (Wildman–Crippen MR) is 79.4 cm³/mol. The molecule has 5 nitrogen and oxygen atoms in total. The summed E-state index contributed by atoms with van der Waals surface area (Å²) >= 11 is 0. The van der Waals surface area contributed by atoms with E-state index in [0.717, 1.165) is 24.6 Å². The molecule has 2 heterocycles. The number of hydrazone groups is 1. The van der Waals surface area contributed by atoms with Crippen molar-refractivity contribution in [2.45, 2.75) is 20.3 Å². The second kappa shape index (κ2) is 5.91. The van der Waals surface area contributed by atoms with Crippen molar-refractivity contribution in [2.24, 2.45) is 21.9 Å². The van der Waals surface area contributed by atoms with Gasteiger partial charge in [0, 0.05) is 50.8 Å². The van der Waals surface area contributed by atoms with E-state index in [1.165, 1.54) is 5.69 Å². The highest BCUT2D eigenvalue weighted by atomic mass is 15.4. The molecule has 19 heavy (non-hydrogen) atoms. The van der Waals surface area contributed by atoms with Crippen molar-refractivity contribution in [2.75, 3.05) is 20.6 Å². The van der Waals surface area contributed by atoms with Crippen LogP contribution in [0.3, 0.4) is 0 Å². The van der Waals surface area contributed by atoms with E-state index < -0.39 is 0 Å². The number of nitrogens with one attached hydrogen (secondary N) is 2. The van der Waals surface area contributed by atoms with Crippen molar-refractivity contribution in [3.8, 4) is 0 Å². The van der Waals surface area contributed by atoms with Crippen LogP contribution in [0.1, 0.15) is 19.5 Å². The first-order chi connectivity index (χ1) is 9.09. The average molecular weight is 261 g/mol. The van der Waals surface area contributed by atoms with Gasteiger partial charge in [-0.2, -0.15) is 5.10 Å². The number of hydrogen-bond acceptors (Lipinski definition) is 3. The van der Waals surface area contributed by atoms with Gasteiger partial charge in [0.25, 0.3) is 0 Å². The summed E-state index contributed by atoms with van der Waals surface area (Å²) in [6, 6.07) is 4.10. The van der Waals surface area contributed by atoms with E-state index in [4.69, 9.17) is 0 Å². The largest absolute Gasteiger partial charge is 0.365 e. The second-order valence-electron chi connectivity index (χ2n) is 5.27. The molecular weight excluding hydrogens is 238 g/mol. The third kappa shape index (κ3) is 3.16. The average Bonchev–Trinajstić information content (AvgIpc) is 2.87. The lowest BCUT2D eigenvalue weighted by atomic mass is 9.92. The normalized spacial score (nSPS) is 25.1. The molecule has 1 aromatic rings. The number of nitrogens with zero attached hydrogens (tertiary/aromatic N) is 3. The number of amidine groups is 2. The zero-order chi connectivity index (χ0) is 13.8. The minimum Gasteiger partial charge on any atom is -0.365 e. The third-order valence-electron chi connectivity index (χ3n) is 3.66. The molecule has 0 amide bonds. The fraction of sp³-hybridized carbons (Fsp3) is 0.571. The van der Waals surface area contributed by atoms with Crippen LogP contribution in [0.15, 0.2) is 28.4 Å². The Kier molecular flexibility index (Phi) is 4.24. The topological polar surface area (TPSA) is 55.8 Å². The molecule has 2 N–H and O–H groups in total. The summed E-state index contributed by atoms with van der Waals surface area (Å²) in [6.45, 7) is 5.18. The summed E-state index contributed by atoms with van der Waals surface area (Å²) in [7, 11) is 4.05. The molecule has 5 heteroatoms.